The molecule has 0 saturated heterocycles. The Kier molecular flexibility index (Phi) is 5.95. The maximum absolute atomic E-state index is 13.9. The summed E-state index contributed by atoms with van der Waals surface area (Å²) >= 11 is 0. The van der Waals surface area contributed by atoms with Crippen molar-refractivity contribution in [2.75, 3.05) is 17.7 Å². The third-order valence-corrected chi connectivity index (χ3v) is 5.20. The molecule has 0 aliphatic rings. The molecule has 34 heavy (non-hydrogen) atoms. The van der Waals surface area contributed by atoms with Crippen LogP contribution in [0.1, 0.15) is 21.5 Å². The van der Waals surface area contributed by atoms with Gasteiger partial charge in [0.1, 0.15) is 0 Å². The number of amides is 1. The van der Waals surface area contributed by atoms with Gasteiger partial charge >= 0.3 is 6.18 Å². The van der Waals surface area contributed by atoms with Crippen LogP contribution in [0.3, 0.4) is 0 Å². The first-order chi connectivity index (χ1) is 16.2. The lowest BCUT2D eigenvalue weighted by atomic mass is 9.96. The Morgan fingerprint density at radius 1 is 1.15 bits per heavy atom. The van der Waals surface area contributed by atoms with E-state index in [0.29, 0.717) is 28.0 Å². The van der Waals surface area contributed by atoms with Gasteiger partial charge in [0.15, 0.2) is 0 Å². The fraction of sp³-hybridized carbons (Fsp3) is 0.0870. The summed E-state index contributed by atoms with van der Waals surface area (Å²) < 4.78 is 41.8. The van der Waals surface area contributed by atoms with Crippen molar-refractivity contribution in [3.05, 3.63) is 71.3 Å². The lowest BCUT2D eigenvalue weighted by molar-refractivity contribution is -0.137. The Bertz CT molecular complexity index is 1400. The average Bonchev–Trinajstić information content (AvgIpc) is 3.23. The molecule has 1 heterocycles. The van der Waals surface area contributed by atoms with Crippen LogP contribution in [0.2, 0.25) is 0 Å². The summed E-state index contributed by atoms with van der Waals surface area (Å²) in [5.74, 6) is -0.528. The number of halogens is 3. The molecule has 11 heteroatoms. The number of alkyl halides is 3. The molecule has 4 rings (SSSR count). The van der Waals surface area contributed by atoms with E-state index in [2.05, 4.69) is 20.6 Å². The number of rotatable bonds is 6. The van der Waals surface area contributed by atoms with Crippen molar-refractivity contribution < 1.29 is 23.2 Å². The lowest BCUT2D eigenvalue weighted by Crippen LogP contribution is -2.18. The smallest absolute Gasteiger partial charge is 0.388 e. The summed E-state index contributed by atoms with van der Waals surface area (Å²) in [7, 11) is 1.63. The average molecular weight is 468 g/mol. The molecule has 174 valence electrons. The molecule has 1 amide bonds. The molecule has 0 unspecified atom stereocenters. The van der Waals surface area contributed by atoms with Crippen LogP contribution in [-0.2, 0) is 6.18 Å². The maximum Gasteiger partial charge on any atom is 0.417 e. The normalized spacial score (nSPS) is 11.3. The van der Waals surface area contributed by atoms with E-state index >= 15 is 0 Å². The van der Waals surface area contributed by atoms with Crippen LogP contribution in [-0.4, -0.2) is 34.3 Å². The van der Waals surface area contributed by atoms with E-state index in [-0.39, 0.29) is 22.6 Å². The highest BCUT2D eigenvalue weighted by Crippen LogP contribution is 2.40. The number of nitrogens with zero attached hydrogens (tertiary/aromatic N) is 1. The van der Waals surface area contributed by atoms with E-state index in [1.165, 1.54) is 29.7 Å². The summed E-state index contributed by atoms with van der Waals surface area (Å²) in [6, 6.07) is 13.2. The molecule has 0 aliphatic heterocycles. The molecule has 8 nitrogen and oxygen atoms in total. The van der Waals surface area contributed by atoms with Crippen molar-refractivity contribution in [3.8, 4) is 11.1 Å². The van der Waals surface area contributed by atoms with E-state index in [4.69, 9.17) is 10.6 Å². The van der Waals surface area contributed by atoms with E-state index in [9.17, 15) is 18.0 Å². The molecule has 0 fully saturated rings. The zero-order valence-corrected chi connectivity index (χ0v) is 17.7. The minimum Gasteiger partial charge on any atom is -0.388 e. The van der Waals surface area contributed by atoms with E-state index in [1.54, 1.807) is 31.3 Å². The topological polar surface area (TPSA) is 126 Å². The Morgan fingerprint density at radius 2 is 1.94 bits per heavy atom. The van der Waals surface area contributed by atoms with Crippen LogP contribution >= 0.6 is 0 Å². The molecule has 0 radical (unpaired) electrons. The Hall–Kier alpha value is -4.38. The van der Waals surface area contributed by atoms with Gasteiger partial charge in [-0.3, -0.25) is 10.0 Å². The highest BCUT2D eigenvalue weighted by Gasteiger charge is 2.34. The van der Waals surface area contributed by atoms with Gasteiger partial charge in [-0.2, -0.15) is 13.2 Å². The summed E-state index contributed by atoms with van der Waals surface area (Å²) in [5.41, 5.74) is 3.15. The van der Waals surface area contributed by atoms with Gasteiger partial charge in [0, 0.05) is 35.8 Å². The monoisotopic (exact) mass is 468 g/mol. The van der Waals surface area contributed by atoms with Gasteiger partial charge in [0.05, 0.1) is 16.6 Å². The Morgan fingerprint density at radius 3 is 2.62 bits per heavy atom. The number of hydrogen-bond donors (Lipinski definition) is 6. The second kappa shape index (κ2) is 8.87. The van der Waals surface area contributed by atoms with Crippen molar-refractivity contribution in [1.82, 2.24) is 15.4 Å². The standard InChI is InChI=1S/C23H19F3N6O2/c1-28-18-8-12(5-6-14(18)11-27)16-9-19-20(10-17(16)23(24,25)26)31-22(30-19)29-15-4-2-3-13(7-15)21(33)32-34/h2-11,27-28,34H,1H3,(H,32,33)(H2,29,30,31). The van der Waals surface area contributed by atoms with Gasteiger partial charge in [-0.1, -0.05) is 18.2 Å². The van der Waals surface area contributed by atoms with E-state index in [0.717, 1.165) is 12.3 Å². The number of H-pyrrole nitrogens is 1. The van der Waals surface area contributed by atoms with Crippen molar-refractivity contribution in [2.45, 2.75) is 6.18 Å². The molecule has 6 N–H and O–H groups in total. The molecule has 4 aromatic rings. The maximum atomic E-state index is 13.9. The number of nitrogens with one attached hydrogen (secondary N) is 5. The minimum absolute atomic E-state index is 0.0484. The molecule has 0 atom stereocenters. The van der Waals surface area contributed by atoms with Crippen molar-refractivity contribution in [2.24, 2.45) is 0 Å². The van der Waals surface area contributed by atoms with Crippen molar-refractivity contribution >= 4 is 40.5 Å². The fourth-order valence-corrected chi connectivity index (χ4v) is 3.60. The molecule has 0 spiro atoms. The number of aromatic nitrogens is 2. The second-order valence-corrected chi connectivity index (χ2v) is 7.34. The SMILES string of the molecule is CNc1cc(-c2cc3nc(Nc4cccc(C(=O)NO)c4)[nH]c3cc2C(F)(F)F)ccc1C=N. The number of hydrogen-bond acceptors (Lipinski definition) is 6. The third kappa shape index (κ3) is 4.41. The van der Waals surface area contributed by atoms with Crippen LogP contribution < -0.4 is 16.1 Å². The van der Waals surface area contributed by atoms with Crippen molar-refractivity contribution in [1.29, 1.82) is 5.41 Å². The summed E-state index contributed by atoms with van der Waals surface area (Å²) in [6.07, 6.45) is -3.50. The minimum atomic E-state index is -4.62. The predicted molar refractivity (Wildman–Crippen MR) is 123 cm³/mol. The Labute approximate surface area is 191 Å². The fourth-order valence-electron chi connectivity index (χ4n) is 3.60. The highest BCUT2D eigenvalue weighted by molar-refractivity contribution is 5.94. The number of fused-ring (bicyclic) bond motifs is 1. The van der Waals surface area contributed by atoms with Gasteiger partial charge < -0.3 is 21.0 Å². The van der Waals surface area contributed by atoms with Crippen molar-refractivity contribution in [3.63, 3.8) is 0 Å². The molecular formula is C23H19F3N6O2. The molecular weight excluding hydrogens is 449 g/mol. The third-order valence-electron chi connectivity index (χ3n) is 5.20. The summed E-state index contributed by atoms with van der Waals surface area (Å²) in [4.78, 5) is 18.8. The zero-order valence-electron chi connectivity index (χ0n) is 17.7. The number of imidazole rings is 1. The molecule has 0 aliphatic carbocycles. The lowest BCUT2D eigenvalue weighted by Gasteiger charge is -2.15. The second-order valence-electron chi connectivity index (χ2n) is 7.34. The van der Waals surface area contributed by atoms with Crippen LogP contribution in [0.25, 0.3) is 22.2 Å². The first-order valence-electron chi connectivity index (χ1n) is 9.98. The molecule has 1 aromatic heterocycles. The van der Waals surface area contributed by atoms with Gasteiger partial charge in [0.2, 0.25) is 5.95 Å². The van der Waals surface area contributed by atoms with Gasteiger partial charge in [-0.05, 0) is 47.5 Å². The molecule has 3 aromatic carbocycles. The summed E-state index contributed by atoms with van der Waals surface area (Å²) in [6.45, 7) is 0. The number of carbonyl (C=O) groups is 1. The first-order valence-corrected chi connectivity index (χ1v) is 9.98. The first kappa shape index (κ1) is 22.8. The highest BCUT2D eigenvalue weighted by atomic mass is 19.4. The summed E-state index contributed by atoms with van der Waals surface area (Å²) in [5, 5.41) is 22.1. The van der Waals surface area contributed by atoms with Crippen LogP contribution in [0.5, 0.6) is 0 Å². The number of carbonyl (C=O) groups excluding carboxylic acids is 1. The van der Waals surface area contributed by atoms with E-state index < -0.39 is 17.6 Å². The largest absolute Gasteiger partial charge is 0.417 e. The Balaban J connectivity index is 1.78. The molecule has 0 bridgehead atoms. The predicted octanol–water partition coefficient (Wildman–Crippen LogP) is 5.15. The quantitative estimate of drug-likeness (QED) is 0.133. The number of hydroxylamine groups is 1. The number of benzene rings is 3. The van der Waals surface area contributed by atoms with Crippen LogP contribution in [0.15, 0.2) is 54.6 Å². The van der Waals surface area contributed by atoms with Gasteiger partial charge in [0.25, 0.3) is 5.91 Å². The zero-order chi connectivity index (χ0) is 24.5. The van der Waals surface area contributed by atoms with Crippen LogP contribution in [0.4, 0.5) is 30.5 Å². The van der Waals surface area contributed by atoms with E-state index in [1.807, 2.05) is 0 Å². The van der Waals surface area contributed by atoms with Crippen LogP contribution in [0, 0.1) is 5.41 Å². The number of aromatic amines is 1. The molecule has 0 saturated carbocycles. The number of anilines is 3. The van der Waals surface area contributed by atoms with Gasteiger partial charge in [-0.25, -0.2) is 10.5 Å². The van der Waals surface area contributed by atoms with Gasteiger partial charge in [-0.15, -0.1) is 0 Å².